The molecule has 0 spiro atoms. The number of esters is 1. The van der Waals surface area contributed by atoms with Crippen LogP contribution in [0.25, 0.3) is 0 Å². The Balaban J connectivity index is 2.48. The second kappa shape index (κ2) is 6.51. The zero-order valence-electron chi connectivity index (χ0n) is 8.75. The lowest BCUT2D eigenvalue weighted by Crippen LogP contribution is -2.14. The first-order valence-electron chi connectivity index (χ1n) is 4.71. The molecule has 0 fully saturated rings. The highest BCUT2D eigenvalue weighted by molar-refractivity contribution is 7.99. The number of nitrogens with zero attached hydrogens (tertiary/aromatic N) is 1. The van der Waals surface area contributed by atoms with Crippen molar-refractivity contribution in [3.8, 4) is 0 Å². The Hall–Kier alpha value is -1.05. The molecule has 1 heterocycles. The molecule has 1 aromatic rings. The molecule has 0 aliphatic heterocycles. The van der Waals surface area contributed by atoms with E-state index in [2.05, 4.69) is 4.98 Å². The van der Waals surface area contributed by atoms with E-state index in [9.17, 15) is 4.79 Å². The van der Waals surface area contributed by atoms with Crippen molar-refractivity contribution in [2.24, 2.45) is 0 Å². The molecule has 6 nitrogen and oxygen atoms in total. The van der Waals surface area contributed by atoms with Gasteiger partial charge in [0.2, 0.25) is 0 Å². The third-order valence-corrected chi connectivity index (χ3v) is 2.56. The largest absolute Gasteiger partial charge is 0.461 e. The van der Waals surface area contributed by atoms with Crippen molar-refractivity contribution >= 4 is 17.7 Å². The Kier molecular flexibility index (Phi) is 5.30. The third kappa shape index (κ3) is 3.84. The fraction of sp³-hybridized carbons (Fsp3) is 0.556. The van der Waals surface area contributed by atoms with Crippen LogP contribution < -0.4 is 0 Å². The summed E-state index contributed by atoms with van der Waals surface area (Å²) in [5.41, 5.74) is 0.0999. The summed E-state index contributed by atoms with van der Waals surface area (Å²) in [7, 11) is 0. The molecule has 1 unspecified atom stereocenters. The summed E-state index contributed by atoms with van der Waals surface area (Å²) < 4.78 is 9.71. The summed E-state index contributed by atoms with van der Waals surface area (Å²) in [5.74, 6) is -0.292. The van der Waals surface area contributed by atoms with Crippen molar-refractivity contribution in [1.82, 2.24) is 4.98 Å². The average molecular weight is 247 g/mol. The molecule has 0 aliphatic rings. The van der Waals surface area contributed by atoms with Gasteiger partial charge in [-0.2, -0.15) is 4.98 Å². The summed E-state index contributed by atoms with van der Waals surface area (Å²) >= 11 is 1.11. The summed E-state index contributed by atoms with van der Waals surface area (Å²) in [5, 5.41) is 17.9. The van der Waals surface area contributed by atoms with Crippen LogP contribution in [0.15, 0.2) is 15.9 Å². The summed E-state index contributed by atoms with van der Waals surface area (Å²) in [6.07, 6.45) is 0.369. The number of ether oxygens (including phenoxy) is 1. The standard InChI is InChI=1S/C9H13NO5S/c1-2-14-8(13)7-4-15-9(10-7)16-5-6(12)3-11/h4,6,11-12H,2-3,5H2,1H3. The van der Waals surface area contributed by atoms with Crippen LogP contribution in [0.4, 0.5) is 0 Å². The predicted octanol–water partition coefficient (Wildman–Crippen LogP) is 0.297. The van der Waals surface area contributed by atoms with E-state index < -0.39 is 12.1 Å². The Bertz CT molecular complexity index is 340. The van der Waals surface area contributed by atoms with Gasteiger partial charge in [-0.3, -0.25) is 0 Å². The van der Waals surface area contributed by atoms with Gasteiger partial charge in [0.15, 0.2) is 5.69 Å². The molecule has 0 aromatic carbocycles. The molecule has 0 bridgehead atoms. The summed E-state index contributed by atoms with van der Waals surface area (Å²) in [6.45, 7) is 1.65. The SMILES string of the molecule is CCOC(=O)c1coc(SCC(O)CO)n1. The highest BCUT2D eigenvalue weighted by Gasteiger charge is 2.14. The Labute approximate surface area is 96.6 Å². The van der Waals surface area contributed by atoms with Crippen LogP contribution >= 0.6 is 11.8 Å². The van der Waals surface area contributed by atoms with Crippen LogP contribution in [0.2, 0.25) is 0 Å². The van der Waals surface area contributed by atoms with Crippen molar-refractivity contribution in [3.63, 3.8) is 0 Å². The van der Waals surface area contributed by atoms with E-state index in [1.165, 1.54) is 6.26 Å². The van der Waals surface area contributed by atoms with E-state index in [0.29, 0.717) is 0 Å². The fourth-order valence-electron chi connectivity index (χ4n) is 0.843. The van der Waals surface area contributed by atoms with Gasteiger partial charge in [0.25, 0.3) is 5.22 Å². The van der Waals surface area contributed by atoms with Crippen LogP contribution in [0.3, 0.4) is 0 Å². The predicted molar refractivity (Wildman–Crippen MR) is 56.3 cm³/mol. The van der Waals surface area contributed by atoms with Gasteiger partial charge in [0.05, 0.1) is 19.3 Å². The molecule has 1 rings (SSSR count). The molecule has 0 saturated heterocycles. The molecule has 0 amide bonds. The minimum absolute atomic E-state index is 0.0999. The first kappa shape index (κ1) is 13.0. The average Bonchev–Trinajstić information content (AvgIpc) is 2.75. The van der Waals surface area contributed by atoms with Gasteiger partial charge in [-0.05, 0) is 6.92 Å². The normalized spacial score (nSPS) is 12.4. The van der Waals surface area contributed by atoms with Crippen molar-refractivity contribution < 1.29 is 24.2 Å². The molecule has 1 aromatic heterocycles. The maximum atomic E-state index is 11.2. The van der Waals surface area contributed by atoms with Crippen LogP contribution in [0.5, 0.6) is 0 Å². The van der Waals surface area contributed by atoms with Gasteiger partial charge in [-0.25, -0.2) is 4.79 Å². The number of carbonyl (C=O) groups excluding carboxylic acids is 1. The summed E-state index contributed by atoms with van der Waals surface area (Å²) in [4.78, 5) is 15.1. The maximum absolute atomic E-state index is 11.2. The monoisotopic (exact) mass is 247 g/mol. The Morgan fingerprint density at radius 2 is 2.50 bits per heavy atom. The number of aromatic nitrogens is 1. The topological polar surface area (TPSA) is 92.8 Å². The molecule has 0 aliphatic carbocycles. The number of rotatable bonds is 6. The Morgan fingerprint density at radius 1 is 1.75 bits per heavy atom. The highest BCUT2D eigenvalue weighted by atomic mass is 32.2. The van der Waals surface area contributed by atoms with E-state index in [1.807, 2.05) is 0 Å². The number of thioether (sulfide) groups is 1. The third-order valence-electron chi connectivity index (χ3n) is 1.58. The number of aliphatic hydroxyl groups excluding tert-OH is 2. The summed E-state index contributed by atoms with van der Waals surface area (Å²) in [6, 6.07) is 0. The van der Waals surface area contributed by atoms with Gasteiger partial charge in [0.1, 0.15) is 6.26 Å². The van der Waals surface area contributed by atoms with Crippen molar-refractivity contribution in [3.05, 3.63) is 12.0 Å². The number of carbonyl (C=O) groups is 1. The van der Waals surface area contributed by atoms with Crippen molar-refractivity contribution in [2.45, 2.75) is 18.3 Å². The molecular weight excluding hydrogens is 234 g/mol. The molecule has 90 valence electrons. The van der Waals surface area contributed by atoms with Crippen molar-refractivity contribution in [2.75, 3.05) is 19.0 Å². The minimum atomic E-state index is -0.831. The zero-order valence-corrected chi connectivity index (χ0v) is 9.57. The van der Waals surface area contributed by atoms with E-state index in [-0.39, 0.29) is 29.9 Å². The molecule has 1 atom stereocenters. The lowest BCUT2D eigenvalue weighted by atomic mass is 10.4. The second-order valence-corrected chi connectivity index (χ2v) is 3.84. The highest BCUT2D eigenvalue weighted by Crippen LogP contribution is 2.18. The molecule has 2 N–H and O–H groups in total. The van der Waals surface area contributed by atoms with Crippen LogP contribution in [0.1, 0.15) is 17.4 Å². The van der Waals surface area contributed by atoms with E-state index in [4.69, 9.17) is 19.4 Å². The smallest absolute Gasteiger partial charge is 0.360 e. The molecular formula is C9H13NO5S. The van der Waals surface area contributed by atoms with E-state index in [0.717, 1.165) is 11.8 Å². The van der Waals surface area contributed by atoms with Gasteiger partial charge in [0, 0.05) is 5.75 Å². The van der Waals surface area contributed by atoms with Crippen LogP contribution in [-0.2, 0) is 4.74 Å². The number of oxazole rings is 1. The van der Waals surface area contributed by atoms with Gasteiger partial charge in [-0.1, -0.05) is 11.8 Å². The number of hydrogen-bond acceptors (Lipinski definition) is 7. The fourth-order valence-corrected chi connectivity index (χ4v) is 1.56. The number of hydrogen-bond donors (Lipinski definition) is 2. The number of aliphatic hydroxyl groups is 2. The Morgan fingerprint density at radius 3 is 3.12 bits per heavy atom. The lowest BCUT2D eigenvalue weighted by Gasteiger charge is -2.02. The zero-order chi connectivity index (χ0) is 12.0. The minimum Gasteiger partial charge on any atom is -0.461 e. The van der Waals surface area contributed by atoms with Gasteiger partial charge in [-0.15, -0.1) is 0 Å². The second-order valence-electron chi connectivity index (χ2n) is 2.87. The molecule has 7 heteroatoms. The van der Waals surface area contributed by atoms with Gasteiger partial charge >= 0.3 is 5.97 Å². The quantitative estimate of drug-likeness (QED) is 0.551. The molecule has 16 heavy (non-hydrogen) atoms. The van der Waals surface area contributed by atoms with E-state index in [1.54, 1.807) is 6.92 Å². The van der Waals surface area contributed by atoms with Crippen LogP contribution in [-0.4, -0.2) is 46.2 Å². The van der Waals surface area contributed by atoms with E-state index >= 15 is 0 Å². The maximum Gasteiger partial charge on any atom is 0.360 e. The first-order valence-corrected chi connectivity index (χ1v) is 5.70. The van der Waals surface area contributed by atoms with Gasteiger partial charge < -0.3 is 19.4 Å². The molecule has 0 saturated carbocycles. The molecule has 0 radical (unpaired) electrons. The first-order chi connectivity index (χ1) is 7.67. The lowest BCUT2D eigenvalue weighted by molar-refractivity contribution is 0.0519. The van der Waals surface area contributed by atoms with Crippen LogP contribution in [0, 0.1) is 0 Å². The van der Waals surface area contributed by atoms with Crippen molar-refractivity contribution in [1.29, 1.82) is 0 Å².